The highest BCUT2D eigenvalue weighted by Gasteiger charge is 2.02. The molecule has 2 aromatic carbocycles. The van der Waals surface area contributed by atoms with E-state index in [1.807, 2.05) is 30.3 Å². The smallest absolute Gasteiger partial charge is 0.121 e. The Morgan fingerprint density at radius 1 is 1.20 bits per heavy atom. The Bertz CT molecular complexity index is 451. The molecule has 75 valence electrons. The van der Waals surface area contributed by atoms with Gasteiger partial charge in [0.05, 0.1) is 0 Å². The van der Waals surface area contributed by atoms with Gasteiger partial charge in [-0.1, -0.05) is 30.3 Å². The zero-order chi connectivity index (χ0) is 10.7. The molecule has 2 nitrogen and oxygen atoms in total. The largest absolute Gasteiger partial charge is 0.508 e. The summed E-state index contributed by atoms with van der Waals surface area (Å²) in [4.78, 5) is 0. The van der Waals surface area contributed by atoms with Crippen LogP contribution in [0.15, 0.2) is 42.5 Å². The molecule has 0 spiro atoms. The van der Waals surface area contributed by atoms with E-state index in [9.17, 15) is 5.11 Å². The molecule has 0 bridgehead atoms. The van der Waals surface area contributed by atoms with E-state index in [0.717, 1.165) is 11.1 Å². The first-order valence-electron chi connectivity index (χ1n) is 4.78. The van der Waals surface area contributed by atoms with E-state index in [2.05, 4.69) is 6.07 Å². The van der Waals surface area contributed by atoms with Crippen LogP contribution < -0.4 is 5.73 Å². The summed E-state index contributed by atoms with van der Waals surface area (Å²) in [5.74, 6) is 0.232. The van der Waals surface area contributed by atoms with Crippen molar-refractivity contribution < 1.29 is 5.11 Å². The maximum atomic E-state index is 9.65. The van der Waals surface area contributed by atoms with Gasteiger partial charge in [0.2, 0.25) is 0 Å². The lowest BCUT2D eigenvalue weighted by molar-refractivity contribution is 0.470. The highest BCUT2D eigenvalue weighted by atomic mass is 16.3. The van der Waals surface area contributed by atoms with E-state index in [1.54, 1.807) is 6.07 Å². The van der Waals surface area contributed by atoms with Crippen LogP contribution in [0.4, 0.5) is 5.69 Å². The molecule has 0 aliphatic rings. The molecule has 0 heterocycles. The Kier molecular flexibility index (Phi) is 2.59. The van der Waals surface area contributed by atoms with E-state index in [4.69, 9.17) is 5.73 Å². The van der Waals surface area contributed by atoms with Crippen LogP contribution in [0.5, 0.6) is 5.75 Å². The van der Waals surface area contributed by atoms with Crippen molar-refractivity contribution in [2.75, 3.05) is 5.73 Å². The Balaban J connectivity index is 2.25. The molecule has 0 unspecified atom stereocenters. The minimum atomic E-state index is 0.232. The molecule has 0 amide bonds. The number of rotatable bonds is 2. The summed E-state index contributed by atoms with van der Waals surface area (Å²) in [7, 11) is 0. The van der Waals surface area contributed by atoms with Gasteiger partial charge in [0.1, 0.15) is 5.75 Å². The summed E-state index contributed by atoms with van der Waals surface area (Å²) in [5.41, 5.74) is 7.97. The molecule has 2 heteroatoms. The second-order valence-corrected chi connectivity index (χ2v) is 3.46. The van der Waals surface area contributed by atoms with Gasteiger partial charge < -0.3 is 10.8 Å². The Hall–Kier alpha value is -1.96. The topological polar surface area (TPSA) is 46.2 Å². The Labute approximate surface area is 89.0 Å². The molecule has 3 N–H and O–H groups in total. The lowest BCUT2D eigenvalue weighted by Gasteiger charge is -2.05. The molecular formula is C13H12NO. The number of hydrogen-bond donors (Lipinski definition) is 2. The fourth-order valence-electron chi connectivity index (χ4n) is 1.48. The van der Waals surface area contributed by atoms with Gasteiger partial charge in [-0.2, -0.15) is 0 Å². The quantitative estimate of drug-likeness (QED) is 0.728. The molecule has 0 fully saturated rings. The van der Waals surface area contributed by atoms with Crippen LogP contribution in [0.3, 0.4) is 0 Å². The third-order valence-corrected chi connectivity index (χ3v) is 2.27. The summed E-state index contributed by atoms with van der Waals surface area (Å²) in [6, 6.07) is 16.1. The van der Waals surface area contributed by atoms with Gasteiger partial charge in [-0.05, 0) is 17.2 Å². The van der Waals surface area contributed by atoms with E-state index < -0.39 is 0 Å². The molecule has 0 aliphatic heterocycles. The van der Waals surface area contributed by atoms with Crippen LogP contribution in [0.25, 0.3) is 0 Å². The summed E-state index contributed by atoms with van der Waals surface area (Å²) in [5, 5.41) is 9.65. The van der Waals surface area contributed by atoms with E-state index in [0.29, 0.717) is 12.1 Å². The minimum Gasteiger partial charge on any atom is -0.508 e. The Morgan fingerprint density at radius 3 is 2.60 bits per heavy atom. The van der Waals surface area contributed by atoms with Crippen LogP contribution >= 0.6 is 0 Å². The predicted octanol–water partition coefficient (Wildman–Crippen LogP) is 2.37. The zero-order valence-electron chi connectivity index (χ0n) is 8.27. The van der Waals surface area contributed by atoms with Crippen LogP contribution in [0, 0.1) is 6.07 Å². The number of benzene rings is 2. The first kappa shape index (κ1) is 9.59. The van der Waals surface area contributed by atoms with Crippen molar-refractivity contribution in [3.63, 3.8) is 0 Å². The van der Waals surface area contributed by atoms with Crippen LogP contribution in [0.1, 0.15) is 11.1 Å². The summed E-state index contributed by atoms with van der Waals surface area (Å²) in [6.45, 7) is 0. The molecule has 1 radical (unpaired) electrons. The van der Waals surface area contributed by atoms with Crippen molar-refractivity contribution in [1.29, 1.82) is 0 Å². The number of aromatic hydroxyl groups is 1. The molecule has 0 atom stereocenters. The third-order valence-electron chi connectivity index (χ3n) is 2.27. The van der Waals surface area contributed by atoms with Gasteiger partial charge >= 0.3 is 0 Å². The number of nitrogen functional groups attached to an aromatic ring is 1. The van der Waals surface area contributed by atoms with Gasteiger partial charge in [0.15, 0.2) is 0 Å². The molecule has 2 aromatic rings. The van der Waals surface area contributed by atoms with Gasteiger partial charge in [0.25, 0.3) is 0 Å². The molecular weight excluding hydrogens is 186 g/mol. The number of anilines is 1. The molecule has 0 saturated carbocycles. The van der Waals surface area contributed by atoms with Crippen molar-refractivity contribution in [2.45, 2.75) is 6.42 Å². The van der Waals surface area contributed by atoms with Crippen LogP contribution in [-0.4, -0.2) is 5.11 Å². The lowest BCUT2D eigenvalue weighted by atomic mass is 10.0. The van der Waals surface area contributed by atoms with Crippen LogP contribution in [0.2, 0.25) is 0 Å². The molecule has 2 rings (SSSR count). The van der Waals surface area contributed by atoms with Gasteiger partial charge in [-0.15, -0.1) is 0 Å². The summed E-state index contributed by atoms with van der Waals surface area (Å²) in [6.07, 6.45) is 0.698. The summed E-state index contributed by atoms with van der Waals surface area (Å²) < 4.78 is 0. The first-order valence-corrected chi connectivity index (χ1v) is 4.78. The van der Waals surface area contributed by atoms with E-state index in [-0.39, 0.29) is 5.75 Å². The van der Waals surface area contributed by atoms with Crippen LogP contribution in [-0.2, 0) is 6.42 Å². The normalized spacial score (nSPS) is 10.1. The van der Waals surface area contributed by atoms with E-state index in [1.165, 1.54) is 6.07 Å². The Morgan fingerprint density at radius 2 is 1.93 bits per heavy atom. The van der Waals surface area contributed by atoms with Crippen molar-refractivity contribution in [3.05, 3.63) is 59.7 Å². The van der Waals surface area contributed by atoms with Crippen molar-refractivity contribution in [1.82, 2.24) is 0 Å². The fraction of sp³-hybridized carbons (Fsp3) is 0.0769. The van der Waals surface area contributed by atoms with Gasteiger partial charge in [-0.3, -0.25) is 0 Å². The summed E-state index contributed by atoms with van der Waals surface area (Å²) >= 11 is 0. The second-order valence-electron chi connectivity index (χ2n) is 3.46. The van der Waals surface area contributed by atoms with Crippen molar-refractivity contribution in [3.8, 4) is 5.75 Å². The van der Waals surface area contributed by atoms with Gasteiger partial charge in [-0.25, -0.2) is 0 Å². The maximum absolute atomic E-state index is 9.65. The highest BCUT2D eigenvalue weighted by molar-refractivity contribution is 5.48. The average Bonchev–Trinajstić information content (AvgIpc) is 2.24. The average molecular weight is 198 g/mol. The zero-order valence-corrected chi connectivity index (χ0v) is 8.27. The monoisotopic (exact) mass is 198 g/mol. The molecule has 0 saturated heterocycles. The SMILES string of the molecule is Nc1[c]cc(Cc2ccccc2)c(O)c1. The van der Waals surface area contributed by atoms with Crippen molar-refractivity contribution >= 4 is 5.69 Å². The second kappa shape index (κ2) is 4.05. The molecule has 15 heavy (non-hydrogen) atoms. The van der Waals surface area contributed by atoms with Crippen molar-refractivity contribution in [2.24, 2.45) is 0 Å². The minimum absolute atomic E-state index is 0.232. The number of phenolic OH excluding ortho intramolecular Hbond substituents is 1. The molecule has 0 aliphatic carbocycles. The third kappa shape index (κ3) is 2.29. The number of nitrogens with two attached hydrogens (primary N) is 1. The number of phenols is 1. The standard InChI is InChI=1S/C13H12NO/c14-12-7-6-11(13(15)9-12)8-10-4-2-1-3-5-10/h1-6,9,15H,8,14H2. The maximum Gasteiger partial charge on any atom is 0.121 e. The fourth-order valence-corrected chi connectivity index (χ4v) is 1.48. The van der Waals surface area contributed by atoms with E-state index >= 15 is 0 Å². The first-order chi connectivity index (χ1) is 7.25. The predicted molar refractivity (Wildman–Crippen MR) is 60.6 cm³/mol. The van der Waals surface area contributed by atoms with Gasteiger partial charge in [0, 0.05) is 24.2 Å². The number of hydrogen-bond acceptors (Lipinski definition) is 2. The highest BCUT2D eigenvalue weighted by Crippen LogP contribution is 2.22. The lowest BCUT2D eigenvalue weighted by Crippen LogP contribution is -1.91. The molecule has 0 aromatic heterocycles.